The molecule has 158 valence electrons. The van der Waals surface area contributed by atoms with Crippen LogP contribution < -0.4 is 4.74 Å². The molecule has 0 spiro atoms. The van der Waals surface area contributed by atoms with Crippen molar-refractivity contribution in [3.8, 4) is 5.75 Å². The Bertz CT molecular complexity index is 945. The summed E-state index contributed by atoms with van der Waals surface area (Å²) in [5.41, 5.74) is 1.07. The third-order valence-corrected chi connectivity index (χ3v) is 4.80. The molecule has 0 atom stereocenters. The molecule has 3 aromatic carbocycles. The van der Waals surface area contributed by atoms with E-state index in [9.17, 15) is 14.7 Å². The fraction of sp³-hybridized carbons (Fsp3) is 0.130. The van der Waals surface area contributed by atoms with E-state index in [2.05, 4.69) is 6.92 Å². The highest BCUT2D eigenvalue weighted by Crippen LogP contribution is 2.33. The number of carbonyl (C=O) groups is 2. The maximum Gasteiger partial charge on any atom is 0.336 e. The number of rotatable bonds is 7. The fourth-order valence-corrected chi connectivity index (χ4v) is 3.15. The predicted octanol–water partition coefficient (Wildman–Crippen LogP) is 2.82. The summed E-state index contributed by atoms with van der Waals surface area (Å²) in [6.07, 6.45) is 0. The van der Waals surface area contributed by atoms with Crippen molar-refractivity contribution in [1.29, 1.82) is 0 Å². The highest BCUT2D eigenvalue weighted by molar-refractivity contribution is 6.02. The number of hydrogen-bond donors (Lipinski definition) is 2. The molecule has 0 amide bonds. The Morgan fingerprint density at radius 1 is 0.767 bits per heavy atom. The molecule has 0 radical (unpaired) electrons. The first-order chi connectivity index (χ1) is 13.4. The monoisotopic (exact) mass is 412 g/mol. The van der Waals surface area contributed by atoms with E-state index in [0.29, 0.717) is 5.75 Å². The van der Waals surface area contributed by atoms with E-state index < -0.39 is 17.4 Å². The Labute approximate surface area is 173 Å². The lowest BCUT2D eigenvalue weighted by Crippen LogP contribution is -2.31. The van der Waals surface area contributed by atoms with Gasteiger partial charge in [0.25, 0.3) is 0 Å². The maximum absolute atomic E-state index is 11.4. The second kappa shape index (κ2) is 10.2. The van der Waals surface area contributed by atoms with Crippen LogP contribution in [0.15, 0.2) is 78.9 Å². The molecule has 7 nitrogen and oxygen atoms in total. The molecule has 0 aliphatic carbocycles. The second-order valence-corrected chi connectivity index (χ2v) is 6.67. The lowest BCUT2D eigenvalue weighted by atomic mass is 9.77. The Hall–Kier alpha value is -3.68. The van der Waals surface area contributed by atoms with Crippen LogP contribution in [0.4, 0.5) is 0 Å². The molecule has 6 N–H and O–H groups in total. The van der Waals surface area contributed by atoms with Crippen molar-refractivity contribution in [2.45, 2.75) is 12.3 Å². The van der Waals surface area contributed by atoms with Crippen LogP contribution in [-0.4, -0.2) is 39.7 Å². The van der Waals surface area contributed by atoms with Crippen LogP contribution in [0.3, 0.4) is 0 Å². The Morgan fingerprint density at radius 2 is 1.23 bits per heavy atom. The summed E-state index contributed by atoms with van der Waals surface area (Å²) in [4.78, 5) is 22.6. The van der Waals surface area contributed by atoms with Crippen LogP contribution in [0.2, 0.25) is 0 Å². The van der Waals surface area contributed by atoms with E-state index in [0.717, 1.165) is 11.1 Å². The molecular weight excluding hydrogens is 388 g/mol. The number of hydrogen-bond acceptors (Lipinski definition) is 3. The van der Waals surface area contributed by atoms with Gasteiger partial charge in [-0.1, -0.05) is 60.7 Å². The van der Waals surface area contributed by atoms with Crippen molar-refractivity contribution < 1.29 is 35.5 Å². The lowest BCUT2D eigenvalue weighted by molar-refractivity contribution is 0.0651. The summed E-state index contributed by atoms with van der Waals surface area (Å²) in [5.74, 6) is -2.29. The molecular formula is C23H24O7. The minimum atomic E-state index is -1.31. The predicted molar refractivity (Wildman–Crippen MR) is 112 cm³/mol. The van der Waals surface area contributed by atoms with E-state index in [1.807, 2.05) is 60.7 Å². The lowest BCUT2D eigenvalue weighted by Gasteiger charge is -2.31. The van der Waals surface area contributed by atoms with Crippen molar-refractivity contribution in [1.82, 2.24) is 0 Å². The van der Waals surface area contributed by atoms with Crippen LogP contribution in [0.25, 0.3) is 0 Å². The van der Waals surface area contributed by atoms with Crippen LogP contribution >= 0.6 is 0 Å². The summed E-state index contributed by atoms with van der Waals surface area (Å²) >= 11 is 0. The van der Waals surface area contributed by atoms with Gasteiger partial charge in [0.2, 0.25) is 0 Å². The average molecular weight is 412 g/mol. The smallest absolute Gasteiger partial charge is 0.336 e. The molecule has 3 aromatic rings. The first-order valence-electron chi connectivity index (χ1n) is 8.76. The van der Waals surface area contributed by atoms with Crippen LogP contribution in [0.5, 0.6) is 5.75 Å². The van der Waals surface area contributed by atoms with Gasteiger partial charge in [-0.3, -0.25) is 0 Å². The minimum Gasteiger partial charge on any atom is -0.492 e. The van der Waals surface area contributed by atoms with Gasteiger partial charge >= 0.3 is 11.9 Å². The molecule has 0 unspecified atom stereocenters. The van der Waals surface area contributed by atoms with E-state index in [1.165, 1.54) is 18.2 Å². The molecule has 0 aromatic heterocycles. The third kappa shape index (κ3) is 5.02. The fourth-order valence-electron chi connectivity index (χ4n) is 3.15. The van der Waals surface area contributed by atoms with Gasteiger partial charge in [0.15, 0.2) is 0 Å². The molecule has 0 saturated heterocycles. The largest absolute Gasteiger partial charge is 0.492 e. The molecule has 0 fully saturated rings. The van der Waals surface area contributed by atoms with E-state index >= 15 is 0 Å². The molecule has 30 heavy (non-hydrogen) atoms. The highest BCUT2D eigenvalue weighted by atomic mass is 16.5. The quantitative estimate of drug-likeness (QED) is 0.612. The molecule has 0 bridgehead atoms. The van der Waals surface area contributed by atoms with Crippen molar-refractivity contribution in [3.63, 3.8) is 0 Å². The van der Waals surface area contributed by atoms with Gasteiger partial charge in [-0.05, 0) is 36.2 Å². The number of ether oxygens (including phenoxy) is 1. The normalized spacial score (nSPS) is 10.3. The average Bonchev–Trinajstić information content (AvgIpc) is 2.73. The minimum absolute atomic E-state index is 0. The number of benzene rings is 3. The van der Waals surface area contributed by atoms with Gasteiger partial charge in [0, 0.05) is 0 Å². The first kappa shape index (κ1) is 24.4. The second-order valence-electron chi connectivity index (χ2n) is 6.67. The van der Waals surface area contributed by atoms with Gasteiger partial charge in [-0.2, -0.15) is 0 Å². The number of aromatic carboxylic acids is 2. The van der Waals surface area contributed by atoms with Gasteiger partial charge in [-0.25, -0.2) is 9.59 Å². The zero-order valence-electron chi connectivity index (χ0n) is 16.3. The zero-order valence-corrected chi connectivity index (χ0v) is 16.3. The SMILES string of the molecule is CC(COc1ccc(C(=O)O)c(C(=O)O)c1)(c1ccccc1)c1ccccc1.O.O. The van der Waals surface area contributed by atoms with Gasteiger partial charge < -0.3 is 25.9 Å². The summed E-state index contributed by atoms with van der Waals surface area (Å²) in [7, 11) is 0. The summed E-state index contributed by atoms with van der Waals surface area (Å²) in [5, 5.41) is 18.5. The zero-order chi connectivity index (χ0) is 20.1. The van der Waals surface area contributed by atoms with E-state index in [1.54, 1.807) is 0 Å². The van der Waals surface area contributed by atoms with Crippen LogP contribution in [0.1, 0.15) is 38.8 Å². The van der Waals surface area contributed by atoms with Crippen molar-refractivity contribution in [3.05, 3.63) is 101 Å². The molecule has 0 saturated carbocycles. The van der Waals surface area contributed by atoms with Crippen molar-refractivity contribution >= 4 is 11.9 Å². The van der Waals surface area contributed by atoms with Gasteiger partial charge in [-0.15, -0.1) is 0 Å². The number of carboxylic acids is 2. The summed E-state index contributed by atoms with van der Waals surface area (Å²) in [6.45, 7) is 2.31. The van der Waals surface area contributed by atoms with Gasteiger partial charge in [0.05, 0.1) is 16.5 Å². The molecule has 0 heterocycles. The standard InChI is InChI=1S/C23H20O5.2H2O/c1-23(16-8-4-2-5-9-16,17-10-6-3-7-11-17)15-28-18-12-13-19(21(24)25)20(14-18)22(26)27;;/h2-14H,15H2,1H3,(H,24,25)(H,26,27);2*1H2. The molecule has 0 aliphatic heterocycles. The molecule has 7 heteroatoms. The topological polar surface area (TPSA) is 147 Å². The summed E-state index contributed by atoms with van der Waals surface area (Å²) < 4.78 is 5.95. The Kier molecular flexibility index (Phi) is 8.28. The maximum atomic E-state index is 11.4. The van der Waals surface area contributed by atoms with Crippen molar-refractivity contribution in [2.75, 3.05) is 6.61 Å². The molecule has 3 rings (SSSR count). The van der Waals surface area contributed by atoms with Crippen molar-refractivity contribution in [2.24, 2.45) is 0 Å². The van der Waals surface area contributed by atoms with E-state index in [4.69, 9.17) is 9.84 Å². The number of carboxylic acid groups (broad SMARTS) is 2. The van der Waals surface area contributed by atoms with Crippen LogP contribution in [0, 0.1) is 0 Å². The summed E-state index contributed by atoms with van der Waals surface area (Å²) in [6, 6.07) is 23.8. The van der Waals surface area contributed by atoms with Crippen LogP contribution in [-0.2, 0) is 5.41 Å². The highest BCUT2D eigenvalue weighted by Gasteiger charge is 2.30. The first-order valence-corrected chi connectivity index (χ1v) is 8.76. The Morgan fingerprint density at radius 3 is 1.67 bits per heavy atom. The van der Waals surface area contributed by atoms with Gasteiger partial charge in [0.1, 0.15) is 12.4 Å². The van der Waals surface area contributed by atoms with E-state index in [-0.39, 0.29) is 28.7 Å². The molecule has 0 aliphatic rings. The third-order valence-electron chi connectivity index (χ3n) is 4.80. The Balaban J connectivity index is 0.00000225.